The number of nitro groups is 1. The number of nitrogens with zero attached hydrogens (tertiary/aromatic N) is 1. The first-order valence-corrected chi connectivity index (χ1v) is 8.02. The lowest BCUT2D eigenvalue weighted by Gasteiger charge is -2.10. The molecule has 2 rings (SSSR count). The third-order valence-corrected chi connectivity index (χ3v) is 4.95. The van der Waals surface area contributed by atoms with Gasteiger partial charge in [0.15, 0.2) is 5.75 Å². The predicted octanol–water partition coefficient (Wildman–Crippen LogP) is 3.98. The van der Waals surface area contributed by atoms with E-state index < -0.39 is 15.0 Å². The van der Waals surface area contributed by atoms with Gasteiger partial charge in [-0.2, -0.15) is 8.42 Å². The van der Waals surface area contributed by atoms with E-state index in [0.717, 1.165) is 6.07 Å². The van der Waals surface area contributed by atoms with E-state index in [1.165, 1.54) is 37.3 Å². The van der Waals surface area contributed by atoms with E-state index in [9.17, 15) is 18.5 Å². The second-order valence-electron chi connectivity index (χ2n) is 4.30. The summed E-state index contributed by atoms with van der Waals surface area (Å²) in [6.45, 7) is 1.50. The Hall–Kier alpha value is -1.83. The second kappa shape index (κ2) is 6.12. The van der Waals surface area contributed by atoms with Gasteiger partial charge >= 0.3 is 10.1 Å². The Balaban J connectivity index is 2.49. The monoisotopic (exact) mass is 361 g/mol. The van der Waals surface area contributed by atoms with Crippen LogP contribution in [0.2, 0.25) is 10.0 Å². The molecule has 22 heavy (non-hydrogen) atoms. The molecule has 0 atom stereocenters. The minimum absolute atomic E-state index is 0.0594. The fourth-order valence-corrected chi connectivity index (χ4v) is 3.25. The SMILES string of the molecule is Cc1ccc([N+](=O)[O-])cc1S(=O)(=O)Oc1cccc(Cl)c1Cl. The van der Waals surface area contributed by atoms with Gasteiger partial charge in [0, 0.05) is 12.1 Å². The Bertz CT molecular complexity index is 852. The maximum Gasteiger partial charge on any atom is 0.339 e. The van der Waals surface area contributed by atoms with Crippen LogP contribution in [0.25, 0.3) is 0 Å². The largest absolute Gasteiger partial charge is 0.377 e. The summed E-state index contributed by atoms with van der Waals surface area (Å²) in [5.74, 6) is -0.153. The molecule has 0 saturated carbocycles. The molecule has 9 heteroatoms. The van der Waals surface area contributed by atoms with Crippen molar-refractivity contribution in [3.05, 3.63) is 62.1 Å². The Morgan fingerprint density at radius 1 is 1.18 bits per heavy atom. The molecule has 0 fully saturated rings. The molecule has 0 aliphatic rings. The highest BCUT2D eigenvalue weighted by Gasteiger charge is 2.24. The van der Waals surface area contributed by atoms with Crippen LogP contribution < -0.4 is 4.18 Å². The van der Waals surface area contributed by atoms with E-state index in [1.807, 2.05) is 0 Å². The highest BCUT2D eigenvalue weighted by molar-refractivity contribution is 7.87. The van der Waals surface area contributed by atoms with Gasteiger partial charge in [0.05, 0.1) is 9.95 Å². The number of rotatable bonds is 4. The average molecular weight is 362 g/mol. The van der Waals surface area contributed by atoms with Gasteiger partial charge in [-0.15, -0.1) is 0 Å². The summed E-state index contributed by atoms with van der Waals surface area (Å²) in [6, 6.07) is 7.75. The fourth-order valence-electron chi connectivity index (χ4n) is 1.68. The Kier molecular flexibility index (Phi) is 4.60. The topological polar surface area (TPSA) is 86.5 Å². The van der Waals surface area contributed by atoms with Crippen molar-refractivity contribution in [1.29, 1.82) is 0 Å². The van der Waals surface area contributed by atoms with E-state index >= 15 is 0 Å². The van der Waals surface area contributed by atoms with Crippen LogP contribution in [0.1, 0.15) is 5.56 Å². The summed E-state index contributed by atoms with van der Waals surface area (Å²) in [7, 11) is -4.29. The van der Waals surface area contributed by atoms with Crippen LogP contribution >= 0.6 is 23.2 Å². The smallest absolute Gasteiger partial charge is 0.339 e. The minimum Gasteiger partial charge on any atom is -0.377 e. The molecule has 2 aromatic carbocycles. The Morgan fingerprint density at radius 2 is 1.86 bits per heavy atom. The minimum atomic E-state index is -4.29. The summed E-state index contributed by atoms with van der Waals surface area (Å²) in [5.41, 5.74) is -0.0475. The van der Waals surface area contributed by atoms with Crippen molar-refractivity contribution >= 4 is 39.0 Å². The molecule has 0 unspecified atom stereocenters. The summed E-state index contributed by atoms with van der Waals surface area (Å²) in [4.78, 5) is 9.78. The quantitative estimate of drug-likeness (QED) is 0.467. The molecular formula is C13H9Cl2NO5S. The van der Waals surface area contributed by atoms with Crippen LogP contribution in [-0.2, 0) is 10.1 Å². The first-order chi connectivity index (χ1) is 10.2. The fraction of sp³-hybridized carbons (Fsp3) is 0.0769. The van der Waals surface area contributed by atoms with Crippen LogP contribution in [0.5, 0.6) is 5.75 Å². The van der Waals surface area contributed by atoms with Crippen molar-refractivity contribution < 1.29 is 17.5 Å². The first kappa shape index (κ1) is 16.5. The van der Waals surface area contributed by atoms with E-state index in [2.05, 4.69) is 0 Å². The molecule has 0 spiro atoms. The molecule has 0 radical (unpaired) electrons. The number of halogens is 2. The Labute approximate surface area is 136 Å². The van der Waals surface area contributed by atoms with Crippen LogP contribution in [0.3, 0.4) is 0 Å². The summed E-state index contributed by atoms with van der Waals surface area (Å²) < 4.78 is 29.6. The Morgan fingerprint density at radius 3 is 2.50 bits per heavy atom. The first-order valence-electron chi connectivity index (χ1n) is 5.86. The lowest BCUT2D eigenvalue weighted by molar-refractivity contribution is -0.385. The molecule has 0 aliphatic heterocycles. The number of hydrogen-bond donors (Lipinski definition) is 0. The number of benzene rings is 2. The molecule has 6 nitrogen and oxygen atoms in total. The van der Waals surface area contributed by atoms with Crippen molar-refractivity contribution in [3.8, 4) is 5.75 Å². The van der Waals surface area contributed by atoms with Gasteiger partial charge in [-0.05, 0) is 24.6 Å². The van der Waals surface area contributed by atoms with E-state index in [0.29, 0.717) is 5.56 Å². The zero-order valence-electron chi connectivity index (χ0n) is 11.1. The molecular weight excluding hydrogens is 353 g/mol. The van der Waals surface area contributed by atoms with Crippen LogP contribution in [0.15, 0.2) is 41.3 Å². The molecule has 116 valence electrons. The highest BCUT2D eigenvalue weighted by Crippen LogP contribution is 2.34. The zero-order chi connectivity index (χ0) is 16.5. The van der Waals surface area contributed by atoms with Gasteiger partial charge in [-0.3, -0.25) is 10.1 Å². The van der Waals surface area contributed by atoms with Gasteiger partial charge in [-0.1, -0.05) is 35.3 Å². The molecule has 2 aromatic rings. The third-order valence-electron chi connectivity index (χ3n) is 2.77. The van der Waals surface area contributed by atoms with Gasteiger partial charge in [0.25, 0.3) is 5.69 Å². The lowest BCUT2D eigenvalue weighted by atomic mass is 10.2. The van der Waals surface area contributed by atoms with Crippen molar-refractivity contribution in [2.24, 2.45) is 0 Å². The molecule has 0 saturated heterocycles. The maximum atomic E-state index is 12.3. The van der Waals surface area contributed by atoms with Crippen LogP contribution in [0, 0.1) is 17.0 Å². The van der Waals surface area contributed by atoms with Crippen molar-refractivity contribution in [2.45, 2.75) is 11.8 Å². The summed E-state index contributed by atoms with van der Waals surface area (Å²) >= 11 is 11.7. The maximum absolute atomic E-state index is 12.3. The van der Waals surface area contributed by atoms with E-state index in [1.54, 1.807) is 0 Å². The van der Waals surface area contributed by atoms with Crippen molar-refractivity contribution in [3.63, 3.8) is 0 Å². The van der Waals surface area contributed by atoms with Crippen LogP contribution in [0.4, 0.5) is 5.69 Å². The predicted molar refractivity (Wildman–Crippen MR) is 82.1 cm³/mol. The standard InChI is InChI=1S/C13H9Cl2NO5S/c1-8-5-6-9(16(17)18)7-12(8)22(19,20)21-11-4-2-3-10(14)13(11)15/h2-7H,1H3. The lowest BCUT2D eigenvalue weighted by Crippen LogP contribution is -2.12. The van der Waals surface area contributed by atoms with E-state index in [4.69, 9.17) is 27.4 Å². The second-order valence-corrected chi connectivity index (χ2v) is 6.60. The molecule has 0 heterocycles. The molecule has 0 amide bonds. The number of non-ortho nitro benzene ring substituents is 1. The molecule has 0 aromatic heterocycles. The number of hydrogen-bond acceptors (Lipinski definition) is 5. The normalized spacial score (nSPS) is 11.2. The molecule has 0 N–H and O–H groups in total. The van der Waals surface area contributed by atoms with Crippen molar-refractivity contribution in [2.75, 3.05) is 0 Å². The van der Waals surface area contributed by atoms with Crippen LogP contribution in [-0.4, -0.2) is 13.3 Å². The zero-order valence-corrected chi connectivity index (χ0v) is 13.4. The highest BCUT2D eigenvalue weighted by atomic mass is 35.5. The molecule has 0 bridgehead atoms. The van der Waals surface area contributed by atoms with Gasteiger partial charge in [0.2, 0.25) is 0 Å². The van der Waals surface area contributed by atoms with E-state index in [-0.39, 0.29) is 26.4 Å². The summed E-state index contributed by atoms with van der Waals surface area (Å²) in [5, 5.41) is 10.9. The average Bonchev–Trinajstić information content (AvgIpc) is 2.43. The van der Waals surface area contributed by atoms with Crippen molar-refractivity contribution in [1.82, 2.24) is 0 Å². The van der Waals surface area contributed by atoms with Gasteiger partial charge in [0.1, 0.15) is 9.92 Å². The summed E-state index contributed by atoms with van der Waals surface area (Å²) in [6.07, 6.45) is 0. The molecule has 0 aliphatic carbocycles. The van der Waals surface area contributed by atoms with Gasteiger partial charge < -0.3 is 4.18 Å². The number of nitro benzene ring substituents is 1. The number of aryl methyl sites for hydroxylation is 1. The van der Waals surface area contributed by atoms with Gasteiger partial charge in [-0.25, -0.2) is 0 Å². The third kappa shape index (κ3) is 3.32.